The molecule has 0 radical (unpaired) electrons. The van der Waals surface area contributed by atoms with Crippen LogP contribution in [0.25, 0.3) is 0 Å². The molecule has 0 spiro atoms. The highest BCUT2D eigenvalue weighted by Crippen LogP contribution is 2.27. The fourth-order valence-corrected chi connectivity index (χ4v) is 3.59. The third-order valence-corrected chi connectivity index (χ3v) is 5.41. The fraction of sp³-hybridized carbons (Fsp3) is 0.208. The molecule has 1 atom stereocenters. The zero-order chi connectivity index (χ0) is 23.2. The molecule has 1 aliphatic heterocycles. The lowest BCUT2D eigenvalue weighted by atomic mass is 10.1. The minimum Gasteiger partial charge on any atom is -0.484 e. The highest BCUT2D eigenvalue weighted by atomic mass is 35.5. The van der Waals surface area contributed by atoms with Crippen LogP contribution in [0.2, 0.25) is 5.02 Å². The molecule has 8 nitrogen and oxygen atoms in total. The number of hydrogen-bond acceptors (Lipinski definition) is 5. The molecule has 1 saturated heterocycles. The number of nitrogens with one attached hydrogen (secondary N) is 2. The van der Waals surface area contributed by atoms with Crippen molar-refractivity contribution in [3.8, 4) is 5.75 Å². The number of nitrogens with zero attached hydrogens (tertiary/aromatic N) is 1. The van der Waals surface area contributed by atoms with Crippen molar-refractivity contribution in [1.29, 1.82) is 0 Å². The summed E-state index contributed by atoms with van der Waals surface area (Å²) in [4.78, 5) is 38.5. The highest BCUT2D eigenvalue weighted by molar-refractivity contribution is 6.30. The molecule has 1 fully saturated rings. The number of benzene rings is 2. The largest absolute Gasteiger partial charge is 0.484 e. The summed E-state index contributed by atoms with van der Waals surface area (Å²) >= 11 is 5.83. The predicted octanol–water partition coefficient (Wildman–Crippen LogP) is 3.62. The van der Waals surface area contributed by atoms with Crippen LogP contribution in [0.3, 0.4) is 0 Å². The van der Waals surface area contributed by atoms with Gasteiger partial charge in [0.2, 0.25) is 11.8 Å². The topological polar surface area (TPSA) is 101 Å². The molecule has 1 aromatic heterocycles. The Hall–Kier alpha value is -3.78. The van der Waals surface area contributed by atoms with Crippen LogP contribution in [0, 0.1) is 5.92 Å². The van der Waals surface area contributed by atoms with Gasteiger partial charge < -0.3 is 24.7 Å². The maximum Gasteiger partial charge on any atom is 0.262 e. The van der Waals surface area contributed by atoms with E-state index in [1.165, 1.54) is 0 Å². The lowest BCUT2D eigenvalue weighted by Crippen LogP contribution is -2.32. The number of amides is 3. The molecule has 1 aliphatic rings. The van der Waals surface area contributed by atoms with Crippen LogP contribution in [0.5, 0.6) is 5.75 Å². The number of carbonyl (C=O) groups is 3. The minimum atomic E-state index is -0.431. The van der Waals surface area contributed by atoms with E-state index in [-0.39, 0.29) is 37.3 Å². The summed E-state index contributed by atoms with van der Waals surface area (Å²) < 4.78 is 10.7. The van der Waals surface area contributed by atoms with Crippen molar-refractivity contribution in [2.45, 2.75) is 13.0 Å². The Morgan fingerprint density at radius 1 is 1.09 bits per heavy atom. The number of carbonyl (C=O) groups excluding carboxylic acids is 3. The van der Waals surface area contributed by atoms with Crippen molar-refractivity contribution < 1.29 is 23.5 Å². The fourth-order valence-electron chi connectivity index (χ4n) is 3.47. The van der Waals surface area contributed by atoms with Crippen molar-refractivity contribution in [3.05, 3.63) is 77.7 Å². The van der Waals surface area contributed by atoms with Gasteiger partial charge in [-0.25, -0.2) is 0 Å². The quantitative estimate of drug-likeness (QED) is 0.527. The molecular weight excluding hydrogens is 446 g/mol. The van der Waals surface area contributed by atoms with E-state index in [2.05, 4.69) is 10.6 Å². The SMILES string of the molecule is O=C(COc1ccc(N2C[C@@H](C(=O)NCc3ccco3)CC2=O)cc1)Nc1ccc(Cl)cc1. The third kappa shape index (κ3) is 5.93. The lowest BCUT2D eigenvalue weighted by molar-refractivity contribution is -0.126. The van der Waals surface area contributed by atoms with Crippen molar-refractivity contribution in [2.75, 3.05) is 23.4 Å². The summed E-state index contributed by atoms with van der Waals surface area (Å²) in [7, 11) is 0. The Morgan fingerprint density at radius 2 is 1.85 bits per heavy atom. The van der Waals surface area contributed by atoms with Gasteiger partial charge in [0, 0.05) is 29.4 Å². The van der Waals surface area contributed by atoms with Crippen LogP contribution in [-0.4, -0.2) is 30.9 Å². The molecular formula is C24H22ClN3O5. The standard InChI is InChI=1S/C24H22ClN3O5/c25-17-3-5-18(6-4-17)27-22(29)15-33-20-9-7-19(8-10-20)28-14-16(12-23(28)30)24(31)26-13-21-2-1-11-32-21/h1-11,16H,12-15H2,(H,26,31)(H,27,29)/t16-/m0/s1. The number of furan rings is 1. The molecule has 3 aromatic rings. The van der Waals surface area contributed by atoms with Crippen LogP contribution in [-0.2, 0) is 20.9 Å². The first kappa shape index (κ1) is 22.4. The summed E-state index contributed by atoms with van der Waals surface area (Å²) in [6.45, 7) is 0.420. The van der Waals surface area contributed by atoms with E-state index in [0.29, 0.717) is 34.5 Å². The maximum absolute atomic E-state index is 12.5. The Labute approximate surface area is 195 Å². The van der Waals surface area contributed by atoms with Crippen molar-refractivity contribution in [2.24, 2.45) is 5.92 Å². The molecule has 0 saturated carbocycles. The summed E-state index contributed by atoms with van der Waals surface area (Å²) in [6.07, 6.45) is 1.69. The van der Waals surface area contributed by atoms with Crippen LogP contribution >= 0.6 is 11.6 Å². The molecule has 4 rings (SSSR count). The van der Waals surface area contributed by atoms with Gasteiger partial charge in [-0.2, -0.15) is 0 Å². The van der Waals surface area contributed by atoms with Crippen molar-refractivity contribution in [1.82, 2.24) is 5.32 Å². The van der Waals surface area contributed by atoms with E-state index < -0.39 is 5.92 Å². The van der Waals surface area contributed by atoms with Crippen LogP contribution < -0.4 is 20.3 Å². The third-order valence-electron chi connectivity index (χ3n) is 5.16. The van der Waals surface area contributed by atoms with Gasteiger partial charge in [-0.3, -0.25) is 14.4 Å². The van der Waals surface area contributed by atoms with Gasteiger partial charge in [-0.1, -0.05) is 11.6 Å². The second-order valence-corrected chi connectivity index (χ2v) is 7.98. The van der Waals surface area contributed by atoms with E-state index in [4.69, 9.17) is 20.8 Å². The first-order valence-corrected chi connectivity index (χ1v) is 10.7. The zero-order valence-electron chi connectivity index (χ0n) is 17.6. The number of ether oxygens (including phenoxy) is 1. The normalized spacial score (nSPS) is 15.4. The molecule has 33 heavy (non-hydrogen) atoms. The monoisotopic (exact) mass is 467 g/mol. The number of rotatable bonds is 8. The summed E-state index contributed by atoms with van der Waals surface area (Å²) in [5, 5.41) is 6.10. The maximum atomic E-state index is 12.5. The zero-order valence-corrected chi connectivity index (χ0v) is 18.4. The molecule has 2 heterocycles. The van der Waals surface area contributed by atoms with E-state index >= 15 is 0 Å². The van der Waals surface area contributed by atoms with E-state index in [1.807, 2.05) is 0 Å². The van der Waals surface area contributed by atoms with Crippen molar-refractivity contribution >= 4 is 40.7 Å². The van der Waals surface area contributed by atoms with E-state index in [9.17, 15) is 14.4 Å². The molecule has 2 N–H and O–H groups in total. The van der Waals surface area contributed by atoms with E-state index in [0.717, 1.165) is 0 Å². The number of anilines is 2. The van der Waals surface area contributed by atoms with Crippen LogP contribution in [0.1, 0.15) is 12.2 Å². The Kier molecular flexibility index (Phi) is 6.95. The van der Waals surface area contributed by atoms with Gasteiger partial charge in [0.1, 0.15) is 11.5 Å². The van der Waals surface area contributed by atoms with Crippen molar-refractivity contribution in [3.63, 3.8) is 0 Å². The molecule has 3 amide bonds. The molecule has 0 bridgehead atoms. The second-order valence-electron chi connectivity index (χ2n) is 7.54. The average molecular weight is 468 g/mol. The van der Waals surface area contributed by atoms with Crippen LogP contribution in [0.15, 0.2) is 71.3 Å². The molecule has 0 aliphatic carbocycles. The smallest absolute Gasteiger partial charge is 0.262 e. The lowest BCUT2D eigenvalue weighted by Gasteiger charge is -2.17. The van der Waals surface area contributed by atoms with Gasteiger partial charge in [-0.05, 0) is 60.7 Å². The summed E-state index contributed by atoms with van der Waals surface area (Å²) in [5.41, 5.74) is 1.29. The first-order valence-electron chi connectivity index (χ1n) is 10.4. The van der Waals surface area contributed by atoms with Gasteiger partial charge in [0.15, 0.2) is 6.61 Å². The molecule has 0 unspecified atom stereocenters. The molecule has 170 valence electrons. The van der Waals surface area contributed by atoms with Gasteiger partial charge in [-0.15, -0.1) is 0 Å². The van der Waals surface area contributed by atoms with Gasteiger partial charge in [0.05, 0.1) is 18.7 Å². The Bertz CT molecular complexity index is 1110. The van der Waals surface area contributed by atoms with Crippen LogP contribution in [0.4, 0.5) is 11.4 Å². The van der Waals surface area contributed by atoms with E-state index in [1.54, 1.807) is 71.8 Å². The Morgan fingerprint density at radius 3 is 2.55 bits per heavy atom. The second kappa shape index (κ2) is 10.2. The number of halogens is 1. The minimum absolute atomic E-state index is 0.121. The summed E-state index contributed by atoms with van der Waals surface area (Å²) in [6, 6.07) is 17.1. The van der Waals surface area contributed by atoms with Gasteiger partial charge >= 0.3 is 0 Å². The summed E-state index contributed by atoms with van der Waals surface area (Å²) in [5.74, 6) is 0.101. The first-order chi connectivity index (χ1) is 16.0. The number of hydrogen-bond donors (Lipinski definition) is 2. The Balaban J connectivity index is 1.26. The molecule has 9 heteroatoms. The predicted molar refractivity (Wildman–Crippen MR) is 123 cm³/mol. The molecule has 2 aromatic carbocycles. The highest BCUT2D eigenvalue weighted by Gasteiger charge is 2.35. The average Bonchev–Trinajstić information content (AvgIpc) is 3.48. The van der Waals surface area contributed by atoms with Gasteiger partial charge in [0.25, 0.3) is 5.91 Å².